The molecule has 0 spiro atoms. The number of benzene rings is 2. The van der Waals surface area contributed by atoms with Gasteiger partial charge >= 0.3 is 5.97 Å². The van der Waals surface area contributed by atoms with Gasteiger partial charge in [-0.25, -0.2) is 0 Å². The maximum atomic E-state index is 10.8. The molecule has 2 aromatic rings. The molecule has 0 aliphatic carbocycles. The van der Waals surface area contributed by atoms with E-state index in [2.05, 4.69) is 0 Å². The lowest BCUT2D eigenvalue weighted by Gasteiger charge is -2.16. The minimum Gasteiger partial charge on any atom is -0.481 e. The number of rotatable bonds is 13. The lowest BCUT2D eigenvalue weighted by Crippen LogP contribution is -2.06. The summed E-state index contributed by atoms with van der Waals surface area (Å²) in [5, 5.41) is 7.66. The highest BCUT2D eigenvalue weighted by atomic mass is 32.2. The van der Waals surface area contributed by atoms with Crippen LogP contribution in [0.4, 0.5) is 0 Å². The Bertz CT molecular complexity index is 821. The molecule has 0 aliphatic rings. The van der Waals surface area contributed by atoms with E-state index in [1.807, 2.05) is 30.3 Å². The number of carbonyl (C=O) groups is 1. The third-order valence-electron chi connectivity index (χ3n) is 3.67. The van der Waals surface area contributed by atoms with E-state index in [1.165, 1.54) is 11.8 Å². The molecule has 0 bridgehead atoms. The molecular weight excluding hydrogens is 360 g/mol. The topological polar surface area (TPSA) is 37.3 Å². The fraction of sp³-hybridized carbons (Fsp3) is 0.409. The van der Waals surface area contributed by atoms with Gasteiger partial charge in [0.15, 0.2) is 0 Å². The molecule has 2 rings (SSSR count). The van der Waals surface area contributed by atoms with E-state index in [0.717, 1.165) is 5.56 Å². The second-order valence-corrected chi connectivity index (χ2v) is 7.66. The molecule has 0 saturated carbocycles. The van der Waals surface area contributed by atoms with Crippen molar-refractivity contribution in [1.82, 2.24) is 0 Å². The molecule has 140 valence electrons. The van der Waals surface area contributed by atoms with E-state index < -0.39 is 22.6 Å². The SMILES string of the molecule is [2H]C([2H])(CC([2H])(CCCCC(=O)O)SCc1ccccc1)SC([2H])([2H])c1ccccc1. The van der Waals surface area contributed by atoms with E-state index in [0.29, 0.717) is 42.3 Å². The number of carboxylic acid groups (broad SMARTS) is 1. The zero-order chi connectivity index (χ0) is 23.0. The Hall–Kier alpha value is -1.39. The molecule has 2 nitrogen and oxygen atoms in total. The van der Waals surface area contributed by atoms with Crippen molar-refractivity contribution in [1.29, 1.82) is 0 Å². The average Bonchev–Trinajstić information content (AvgIpc) is 2.70. The van der Waals surface area contributed by atoms with Crippen molar-refractivity contribution < 1.29 is 16.8 Å². The summed E-state index contributed by atoms with van der Waals surface area (Å²) in [5.41, 5.74) is -2.49. The zero-order valence-corrected chi connectivity index (χ0v) is 16.3. The Balaban J connectivity index is 2.10. The minimum atomic E-state index is -1.97. The number of aliphatic carboxylic acids is 1. The van der Waals surface area contributed by atoms with Crippen LogP contribution in [0.1, 0.15) is 50.1 Å². The van der Waals surface area contributed by atoms with Crippen LogP contribution in [-0.4, -0.2) is 22.0 Å². The van der Waals surface area contributed by atoms with E-state index in [9.17, 15) is 4.79 Å². The van der Waals surface area contributed by atoms with Crippen molar-refractivity contribution >= 4 is 29.5 Å². The zero-order valence-electron chi connectivity index (χ0n) is 19.7. The number of unbranched alkanes of at least 4 members (excludes halogenated alkanes) is 1. The smallest absolute Gasteiger partial charge is 0.303 e. The molecule has 0 radical (unpaired) electrons. The van der Waals surface area contributed by atoms with E-state index >= 15 is 0 Å². The maximum Gasteiger partial charge on any atom is 0.303 e. The highest BCUT2D eigenvalue weighted by molar-refractivity contribution is 7.99. The second kappa shape index (κ2) is 12.9. The van der Waals surface area contributed by atoms with Gasteiger partial charge < -0.3 is 5.11 Å². The fourth-order valence-corrected chi connectivity index (χ4v) is 3.98. The first-order valence-corrected chi connectivity index (χ1v) is 10.5. The average molecular weight is 394 g/mol. The van der Waals surface area contributed by atoms with E-state index in [4.69, 9.17) is 12.0 Å². The van der Waals surface area contributed by atoms with Crippen molar-refractivity contribution in [2.24, 2.45) is 0 Å². The summed E-state index contributed by atoms with van der Waals surface area (Å²) in [7, 11) is 0. The van der Waals surface area contributed by atoms with Crippen molar-refractivity contribution in [3.05, 3.63) is 71.8 Å². The first kappa shape index (κ1) is 14.6. The summed E-state index contributed by atoms with van der Waals surface area (Å²) >= 11 is 1.92. The molecule has 0 aliphatic heterocycles. The summed E-state index contributed by atoms with van der Waals surface area (Å²) in [5.74, 6) is -0.343. The van der Waals surface area contributed by atoms with Gasteiger partial charge in [0.1, 0.15) is 0 Å². The lowest BCUT2D eigenvalue weighted by molar-refractivity contribution is -0.137. The van der Waals surface area contributed by atoms with Crippen LogP contribution in [0.25, 0.3) is 0 Å². The third-order valence-corrected chi connectivity index (χ3v) is 5.53. The van der Waals surface area contributed by atoms with Crippen molar-refractivity contribution in [2.45, 2.75) is 48.8 Å². The number of thioether (sulfide) groups is 2. The Morgan fingerprint density at radius 1 is 1.00 bits per heavy atom. The van der Waals surface area contributed by atoms with Crippen LogP contribution < -0.4 is 0 Å². The first-order chi connectivity index (χ1) is 14.5. The predicted octanol–water partition coefficient (Wildman–Crippen LogP) is 6.26. The Morgan fingerprint density at radius 3 is 2.31 bits per heavy atom. The molecular formula is C22H28O2S2. The van der Waals surface area contributed by atoms with E-state index in [-0.39, 0.29) is 12.8 Å². The first-order valence-electron chi connectivity index (χ1n) is 11.2. The Kier molecular flexibility index (Phi) is 7.25. The van der Waals surface area contributed by atoms with Gasteiger partial charge in [-0.1, -0.05) is 67.1 Å². The lowest BCUT2D eigenvalue weighted by atomic mass is 10.1. The fourth-order valence-electron chi connectivity index (χ4n) is 2.29. The van der Waals surface area contributed by atoms with Crippen LogP contribution in [0.15, 0.2) is 60.7 Å². The van der Waals surface area contributed by atoms with Gasteiger partial charge in [0.05, 0.1) is 0 Å². The van der Waals surface area contributed by atoms with Crippen molar-refractivity contribution in [3.8, 4) is 0 Å². The van der Waals surface area contributed by atoms with Gasteiger partial charge in [-0.05, 0) is 36.1 Å². The molecule has 2 aromatic carbocycles. The molecule has 1 N–H and O–H groups in total. The molecule has 4 heteroatoms. The number of hydrogen-bond donors (Lipinski definition) is 1. The summed E-state index contributed by atoms with van der Waals surface area (Å²) in [4.78, 5) is 10.8. The largest absolute Gasteiger partial charge is 0.481 e. The summed E-state index contributed by atoms with van der Waals surface area (Å²) in [6.07, 6.45) is 1.14. The summed E-state index contributed by atoms with van der Waals surface area (Å²) in [6.45, 7) is 0. The van der Waals surface area contributed by atoms with Gasteiger partial charge in [-0.2, -0.15) is 23.5 Å². The van der Waals surface area contributed by atoms with Crippen molar-refractivity contribution in [3.63, 3.8) is 0 Å². The minimum absolute atomic E-state index is 0.0254. The van der Waals surface area contributed by atoms with Gasteiger partial charge in [-0.3, -0.25) is 4.79 Å². The van der Waals surface area contributed by atoms with Gasteiger partial charge in [0.25, 0.3) is 0 Å². The third kappa shape index (κ3) is 9.35. The quantitative estimate of drug-likeness (QED) is 0.408. The van der Waals surface area contributed by atoms with E-state index in [1.54, 1.807) is 30.3 Å². The molecule has 0 amide bonds. The standard InChI is InChI=1S/C22H28O2S2/c23-22(24)14-8-7-13-21(26-18-20-11-5-2-6-12-20)15-16-25-17-19-9-3-1-4-10-19/h1-6,9-12,21H,7-8,13-18H2,(H,23,24)/i16D2,17D2,21D. The summed E-state index contributed by atoms with van der Waals surface area (Å²) < 4.78 is 42.6. The monoisotopic (exact) mass is 393 g/mol. The van der Waals surface area contributed by atoms with Crippen LogP contribution in [0.5, 0.6) is 0 Å². The Morgan fingerprint density at radius 2 is 1.65 bits per heavy atom. The molecule has 0 saturated heterocycles. The van der Waals surface area contributed by atoms with Gasteiger partial charge in [0.2, 0.25) is 0 Å². The highest BCUT2D eigenvalue weighted by Crippen LogP contribution is 2.27. The highest BCUT2D eigenvalue weighted by Gasteiger charge is 2.10. The molecule has 0 fully saturated rings. The van der Waals surface area contributed by atoms with Gasteiger partial charge in [0, 0.05) is 30.0 Å². The predicted molar refractivity (Wildman–Crippen MR) is 115 cm³/mol. The molecule has 26 heavy (non-hydrogen) atoms. The number of carboxylic acids is 1. The molecule has 1 atom stereocenters. The van der Waals surface area contributed by atoms with Crippen molar-refractivity contribution in [2.75, 3.05) is 5.70 Å². The van der Waals surface area contributed by atoms with Crippen LogP contribution in [-0.2, 0) is 16.3 Å². The molecule has 0 heterocycles. The van der Waals surface area contributed by atoms with Crippen LogP contribution in [0.2, 0.25) is 0 Å². The summed E-state index contributed by atoms with van der Waals surface area (Å²) in [6, 6.07) is 18.1. The maximum absolute atomic E-state index is 10.8. The van der Waals surface area contributed by atoms with Crippen LogP contribution in [0.3, 0.4) is 0 Å². The second-order valence-electron chi connectivity index (χ2n) is 5.81. The Labute approximate surface area is 172 Å². The molecule has 0 aromatic heterocycles. The van der Waals surface area contributed by atoms with Crippen LogP contribution in [0, 0.1) is 0 Å². The van der Waals surface area contributed by atoms with Crippen LogP contribution >= 0.6 is 23.5 Å². The number of hydrogen-bond acceptors (Lipinski definition) is 3. The van der Waals surface area contributed by atoms with Gasteiger partial charge in [-0.15, -0.1) is 0 Å². The normalized spacial score (nSPS) is 17.2. The molecule has 1 unspecified atom stereocenters.